The summed E-state index contributed by atoms with van der Waals surface area (Å²) in [6, 6.07) is 12.5. The summed E-state index contributed by atoms with van der Waals surface area (Å²) in [5.41, 5.74) is 9.30. The number of nitrogens with two attached hydrogens (primary N) is 1. The third kappa shape index (κ3) is 5.99. The average Bonchev–Trinajstić information content (AvgIpc) is 3.47. The second-order valence-corrected chi connectivity index (χ2v) is 12.1. The maximum atomic E-state index is 13.4. The number of ether oxygens (including phenoxy) is 3. The van der Waals surface area contributed by atoms with Gasteiger partial charge in [-0.1, -0.05) is 40.8 Å². The molecule has 1 unspecified atom stereocenters. The molecule has 0 fully saturated rings. The zero-order valence-corrected chi connectivity index (χ0v) is 25.9. The van der Waals surface area contributed by atoms with Crippen LogP contribution in [0.2, 0.25) is 5.02 Å². The standard InChI is InChI=1S/C29H27ClN6O5S2/c1-39-21-10-8-16(12-18(21)30)33-24(38)14-42-29-35-34-28(43-29)36-19-5-4-6-20(37)26(19)25(17(13-31)27(36)32)15-7-9-22(40-2)23(11-15)41-3/h7-12,25H,4-6,14,32H2,1-3H3,(H,33,38). The number of Topliss-reactive ketones (excluding diaryl/α,β-unsaturated/α-hetero) is 1. The van der Waals surface area contributed by atoms with E-state index in [9.17, 15) is 14.9 Å². The molecule has 3 N–H and O–H groups in total. The van der Waals surface area contributed by atoms with Gasteiger partial charge >= 0.3 is 0 Å². The number of ketones is 1. The number of allylic oxidation sites excluding steroid dienone is 3. The number of anilines is 2. The van der Waals surface area contributed by atoms with Crippen LogP contribution in [-0.4, -0.2) is 49.0 Å². The molecule has 3 aromatic rings. The fourth-order valence-corrected chi connectivity index (χ4v) is 7.03. The topological polar surface area (TPSA) is 153 Å². The number of carbonyl (C=O) groups is 2. The highest BCUT2D eigenvalue weighted by Crippen LogP contribution is 2.48. The quantitative estimate of drug-likeness (QED) is 0.295. The average molecular weight is 639 g/mol. The molecule has 0 saturated carbocycles. The summed E-state index contributed by atoms with van der Waals surface area (Å²) in [5.74, 6) is 0.791. The summed E-state index contributed by atoms with van der Waals surface area (Å²) < 4.78 is 16.5. The number of nitriles is 1. The number of hydrogen-bond acceptors (Lipinski definition) is 12. The van der Waals surface area contributed by atoms with Crippen molar-refractivity contribution in [1.29, 1.82) is 5.26 Å². The Labute approximate surface area is 261 Å². The Kier molecular flexibility index (Phi) is 9.10. The lowest BCUT2D eigenvalue weighted by Crippen LogP contribution is -2.38. The number of benzene rings is 2. The van der Waals surface area contributed by atoms with Crippen LogP contribution in [0.5, 0.6) is 17.2 Å². The van der Waals surface area contributed by atoms with E-state index in [1.165, 1.54) is 44.4 Å². The Balaban J connectivity index is 1.41. The SMILES string of the molecule is COc1ccc(NC(=O)CSc2nnc(N3C(N)=C(C#N)C(c4ccc(OC)c(OC)c4)C4=C3CCCC4=O)s2)cc1Cl. The molecule has 2 aromatic carbocycles. The minimum atomic E-state index is -0.666. The molecular formula is C29H27ClN6O5S2. The van der Waals surface area contributed by atoms with Crippen molar-refractivity contribution in [2.24, 2.45) is 5.73 Å². The number of carbonyl (C=O) groups excluding carboxylic acids is 2. The Bertz CT molecular complexity index is 1700. The van der Waals surface area contributed by atoms with Gasteiger partial charge in [-0.15, -0.1) is 10.2 Å². The number of nitrogens with one attached hydrogen (secondary N) is 1. The Hall–Kier alpha value is -4.25. The van der Waals surface area contributed by atoms with Gasteiger partial charge in [0.15, 0.2) is 21.6 Å². The van der Waals surface area contributed by atoms with Crippen molar-refractivity contribution in [3.63, 3.8) is 0 Å². The maximum absolute atomic E-state index is 13.4. The van der Waals surface area contributed by atoms with Crippen LogP contribution in [0, 0.1) is 11.3 Å². The van der Waals surface area contributed by atoms with E-state index >= 15 is 0 Å². The van der Waals surface area contributed by atoms with Gasteiger partial charge in [-0.25, -0.2) is 0 Å². The highest BCUT2D eigenvalue weighted by atomic mass is 35.5. The van der Waals surface area contributed by atoms with E-state index in [4.69, 9.17) is 31.5 Å². The lowest BCUT2D eigenvalue weighted by molar-refractivity contribution is -0.116. The first-order chi connectivity index (χ1) is 20.8. The van der Waals surface area contributed by atoms with Crippen LogP contribution in [0.3, 0.4) is 0 Å². The Morgan fingerprint density at radius 1 is 1.14 bits per heavy atom. The van der Waals surface area contributed by atoms with Crippen LogP contribution >= 0.6 is 34.7 Å². The summed E-state index contributed by atoms with van der Waals surface area (Å²) in [6.45, 7) is 0. The second-order valence-electron chi connectivity index (χ2n) is 9.47. The van der Waals surface area contributed by atoms with Crippen LogP contribution < -0.4 is 30.2 Å². The fourth-order valence-electron chi connectivity index (χ4n) is 5.09. The van der Waals surface area contributed by atoms with Crippen molar-refractivity contribution in [2.75, 3.05) is 37.3 Å². The minimum Gasteiger partial charge on any atom is -0.495 e. The first-order valence-electron chi connectivity index (χ1n) is 13.1. The van der Waals surface area contributed by atoms with E-state index in [-0.39, 0.29) is 28.8 Å². The molecular weight excluding hydrogens is 612 g/mol. The number of methoxy groups -OCH3 is 3. The minimum absolute atomic E-state index is 0.0549. The number of hydrogen-bond donors (Lipinski definition) is 2. The van der Waals surface area contributed by atoms with Crippen LogP contribution in [0.25, 0.3) is 0 Å². The summed E-state index contributed by atoms with van der Waals surface area (Å²) in [5, 5.41) is 22.4. The fraction of sp³-hybridized carbons (Fsp3) is 0.276. The third-order valence-electron chi connectivity index (χ3n) is 7.00. The van der Waals surface area contributed by atoms with E-state index < -0.39 is 5.92 Å². The molecule has 5 rings (SSSR count). The molecule has 11 nitrogen and oxygen atoms in total. The van der Waals surface area contributed by atoms with E-state index in [1.54, 1.807) is 35.2 Å². The summed E-state index contributed by atoms with van der Waals surface area (Å²) in [6.07, 6.45) is 1.57. The molecule has 43 heavy (non-hydrogen) atoms. The molecule has 1 atom stereocenters. The first kappa shape index (κ1) is 30.2. The van der Waals surface area contributed by atoms with Gasteiger partial charge in [0.25, 0.3) is 0 Å². The van der Waals surface area contributed by atoms with Crippen molar-refractivity contribution in [3.05, 3.63) is 69.6 Å². The Morgan fingerprint density at radius 3 is 2.58 bits per heavy atom. The van der Waals surface area contributed by atoms with Crippen LogP contribution in [0.1, 0.15) is 30.7 Å². The predicted molar refractivity (Wildman–Crippen MR) is 165 cm³/mol. The van der Waals surface area contributed by atoms with Gasteiger partial charge in [0.2, 0.25) is 11.0 Å². The molecule has 1 aliphatic heterocycles. The first-order valence-corrected chi connectivity index (χ1v) is 15.2. The number of aromatic nitrogens is 2. The van der Waals surface area contributed by atoms with Crippen molar-refractivity contribution in [1.82, 2.24) is 10.2 Å². The van der Waals surface area contributed by atoms with Crippen molar-refractivity contribution < 1.29 is 23.8 Å². The third-order valence-corrected chi connectivity index (χ3v) is 9.34. The number of rotatable bonds is 9. The zero-order chi connectivity index (χ0) is 30.7. The van der Waals surface area contributed by atoms with Crippen LogP contribution in [0.4, 0.5) is 10.8 Å². The molecule has 0 spiro atoms. The summed E-state index contributed by atoms with van der Waals surface area (Å²) >= 11 is 8.57. The molecule has 1 aromatic heterocycles. The van der Waals surface area contributed by atoms with Gasteiger partial charge in [0.1, 0.15) is 11.6 Å². The van der Waals surface area contributed by atoms with Gasteiger partial charge < -0.3 is 25.3 Å². The smallest absolute Gasteiger partial charge is 0.234 e. The molecule has 1 aliphatic carbocycles. The highest BCUT2D eigenvalue weighted by molar-refractivity contribution is 8.01. The molecule has 1 amide bonds. The normalized spacial score (nSPS) is 16.5. The molecule has 2 heterocycles. The highest BCUT2D eigenvalue weighted by Gasteiger charge is 2.41. The second kappa shape index (κ2) is 12.9. The summed E-state index contributed by atoms with van der Waals surface area (Å²) in [4.78, 5) is 27.7. The molecule has 14 heteroatoms. The number of amides is 1. The number of thioether (sulfide) groups is 1. The van der Waals surface area contributed by atoms with E-state index in [0.29, 0.717) is 73.5 Å². The van der Waals surface area contributed by atoms with Crippen LogP contribution in [-0.2, 0) is 9.59 Å². The van der Waals surface area contributed by atoms with E-state index in [0.717, 1.165) is 0 Å². The monoisotopic (exact) mass is 638 g/mol. The largest absolute Gasteiger partial charge is 0.495 e. The number of nitrogens with zero attached hydrogens (tertiary/aromatic N) is 4. The molecule has 0 bridgehead atoms. The van der Waals surface area contributed by atoms with Crippen molar-refractivity contribution >= 4 is 57.2 Å². The summed E-state index contributed by atoms with van der Waals surface area (Å²) in [7, 11) is 4.58. The van der Waals surface area contributed by atoms with Crippen molar-refractivity contribution in [2.45, 2.75) is 29.5 Å². The predicted octanol–water partition coefficient (Wildman–Crippen LogP) is 5.25. The van der Waals surface area contributed by atoms with Gasteiger partial charge in [-0.2, -0.15) is 5.26 Å². The lowest BCUT2D eigenvalue weighted by Gasteiger charge is -2.38. The number of halogens is 1. The molecule has 2 aliphatic rings. The van der Waals surface area contributed by atoms with E-state index in [2.05, 4.69) is 21.6 Å². The van der Waals surface area contributed by atoms with Gasteiger partial charge in [-0.05, 0) is 48.7 Å². The molecule has 0 saturated heterocycles. The zero-order valence-electron chi connectivity index (χ0n) is 23.5. The van der Waals surface area contributed by atoms with Gasteiger partial charge in [0, 0.05) is 23.4 Å². The molecule has 0 radical (unpaired) electrons. The molecule has 222 valence electrons. The van der Waals surface area contributed by atoms with E-state index in [1.807, 2.05) is 6.07 Å². The maximum Gasteiger partial charge on any atom is 0.234 e. The lowest BCUT2D eigenvalue weighted by atomic mass is 9.75. The van der Waals surface area contributed by atoms with Gasteiger partial charge in [0.05, 0.1) is 49.7 Å². The van der Waals surface area contributed by atoms with Gasteiger partial charge in [-0.3, -0.25) is 14.5 Å². The van der Waals surface area contributed by atoms with Crippen LogP contribution in [0.15, 0.2) is 63.4 Å². The van der Waals surface area contributed by atoms with Crippen molar-refractivity contribution in [3.8, 4) is 23.3 Å². The Morgan fingerprint density at radius 2 is 1.88 bits per heavy atom.